The van der Waals surface area contributed by atoms with Crippen LogP contribution in [0.4, 0.5) is 17.2 Å². The fourth-order valence-corrected chi connectivity index (χ4v) is 2.69. The summed E-state index contributed by atoms with van der Waals surface area (Å²) in [6.07, 6.45) is 2.99. The van der Waals surface area contributed by atoms with E-state index in [1.807, 2.05) is 37.1 Å². The number of carboxylic acids is 1. The molecule has 0 saturated heterocycles. The molecule has 2 rings (SSSR count). The van der Waals surface area contributed by atoms with Crippen LogP contribution in [0.15, 0.2) is 42.6 Å². The highest BCUT2D eigenvalue weighted by molar-refractivity contribution is 5.84. The van der Waals surface area contributed by atoms with Gasteiger partial charge in [-0.3, -0.25) is 9.59 Å². The zero-order valence-corrected chi connectivity index (χ0v) is 15.2. The third-order valence-electron chi connectivity index (χ3n) is 4.19. The zero-order valence-electron chi connectivity index (χ0n) is 15.2. The zero-order chi connectivity index (χ0) is 19.8. The second-order valence-corrected chi connectivity index (χ2v) is 5.84. The molecule has 27 heavy (non-hydrogen) atoms. The first-order valence-electron chi connectivity index (χ1n) is 8.44. The second-order valence-electron chi connectivity index (χ2n) is 5.84. The number of anilines is 3. The van der Waals surface area contributed by atoms with E-state index in [-0.39, 0.29) is 6.42 Å². The molecule has 2 amide bonds. The van der Waals surface area contributed by atoms with Gasteiger partial charge >= 0.3 is 5.97 Å². The molecule has 1 aromatic heterocycles. The molecular weight excluding hydrogens is 348 g/mol. The number of aromatic nitrogens is 1. The highest BCUT2D eigenvalue weighted by Crippen LogP contribution is 2.30. The Labute approximate surface area is 157 Å². The molecule has 8 heteroatoms. The second kappa shape index (κ2) is 9.33. The number of carbonyl (C=O) groups excluding carboxylic acids is 2. The van der Waals surface area contributed by atoms with Gasteiger partial charge in [0.25, 0.3) is 0 Å². The largest absolute Gasteiger partial charge is 0.480 e. The van der Waals surface area contributed by atoms with Crippen molar-refractivity contribution >= 4 is 36.0 Å². The van der Waals surface area contributed by atoms with Crippen molar-refractivity contribution < 1.29 is 19.5 Å². The Hall–Kier alpha value is -3.42. The van der Waals surface area contributed by atoms with Gasteiger partial charge < -0.3 is 20.2 Å². The van der Waals surface area contributed by atoms with Crippen LogP contribution in [0.3, 0.4) is 0 Å². The van der Waals surface area contributed by atoms with Crippen molar-refractivity contribution in [3.05, 3.63) is 48.2 Å². The molecule has 0 fully saturated rings. The smallest absolute Gasteiger partial charge is 0.326 e. The number of pyridine rings is 1. The molecule has 2 N–H and O–H groups in total. The minimum atomic E-state index is -1.09. The number of carboxylic acid groups (broad SMARTS) is 1. The number of amides is 2. The van der Waals surface area contributed by atoms with E-state index in [1.54, 1.807) is 29.3 Å². The molecule has 142 valence electrons. The fraction of sp³-hybridized carbons (Fsp3) is 0.263. The first-order chi connectivity index (χ1) is 13.0. The van der Waals surface area contributed by atoms with Crippen LogP contribution in [0.5, 0.6) is 0 Å². The predicted molar refractivity (Wildman–Crippen MR) is 102 cm³/mol. The molecule has 2 aromatic rings. The lowest BCUT2D eigenvalue weighted by Gasteiger charge is -2.25. The van der Waals surface area contributed by atoms with Gasteiger partial charge in [0.15, 0.2) is 5.82 Å². The Morgan fingerprint density at radius 2 is 1.96 bits per heavy atom. The quantitative estimate of drug-likeness (QED) is 0.616. The third-order valence-corrected chi connectivity index (χ3v) is 4.19. The van der Waals surface area contributed by atoms with Gasteiger partial charge in [0.2, 0.25) is 12.8 Å². The summed E-state index contributed by atoms with van der Waals surface area (Å²) >= 11 is 0. The lowest BCUT2D eigenvalue weighted by molar-refractivity contribution is -0.140. The van der Waals surface area contributed by atoms with E-state index in [9.17, 15) is 14.4 Å². The Morgan fingerprint density at radius 3 is 2.52 bits per heavy atom. The molecule has 0 radical (unpaired) electrons. The number of rotatable bonds is 10. The van der Waals surface area contributed by atoms with E-state index < -0.39 is 12.0 Å². The Kier molecular flexibility index (Phi) is 6.87. The highest BCUT2D eigenvalue weighted by atomic mass is 16.4. The number of nitrogens with zero attached hydrogens (tertiary/aromatic N) is 3. The van der Waals surface area contributed by atoms with Crippen LogP contribution in [-0.4, -0.2) is 48.5 Å². The van der Waals surface area contributed by atoms with Crippen LogP contribution >= 0.6 is 0 Å². The van der Waals surface area contributed by atoms with E-state index in [2.05, 4.69) is 10.3 Å². The van der Waals surface area contributed by atoms with Crippen molar-refractivity contribution in [1.82, 2.24) is 10.3 Å². The first kappa shape index (κ1) is 19.9. The summed E-state index contributed by atoms with van der Waals surface area (Å²) in [5, 5.41) is 11.4. The molecule has 0 aliphatic rings. The maximum atomic E-state index is 11.3. The molecule has 0 unspecified atom stereocenters. The molecule has 1 heterocycles. The first-order valence-corrected chi connectivity index (χ1v) is 8.44. The average molecular weight is 370 g/mol. The topological polar surface area (TPSA) is 103 Å². The number of hydrogen-bond donors (Lipinski definition) is 2. The SMILES string of the molecule is CCN(C=O)c1cccnc1N(C)c1ccc(C[C@H](NC=O)C(=O)O)cc1. The monoisotopic (exact) mass is 370 g/mol. The van der Waals surface area contributed by atoms with Gasteiger partial charge in [-0.05, 0) is 36.8 Å². The summed E-state index contributed by atoms with van der Waals surface area (Å²) in [4.78, 5) is 40.8. The third kappa shape index (κ3) is 4.81. The fourth-order valence-electron chi connectivity index (χ4n) is 2.69. The molecule has 1 aromatic carbocycles. The van der Waals surface area contributed by atoms with Crippen molar-refractivity contribution in [2.45, 2.75) is 19.4 Å². The van der Waals surface area contributed by atoms with Crippen LogP contribution < -0.4 is 15.1 Å². The number of hydrogen-bond acceptors (Lipinski definition) is 5. The number of aliphatic carboxylic acids is 1. The van der Waals surface area contributed by atoms with Gasteiger partial charge in [0.05, 0.1) is 5.69 Å². The van der Waals surface area contributed by atoms with Crippen molar-refractivity contribution in [1.29, 1.82) is 0 Å². The molecule has 0 saturated carbocycles. The number of benzene rings is 1. The van der Waals surface area contributed by atoms with Gasteiger partial charge in [-0.25, -0.2) is 9.78 Å². The number of carbonyl (C=O) groups is 3. The van der Waals surface area contributed by atoms with Gasteiger partial charge in [-0.2, -0.15) is 0 Å². The maximum absolute atomic E-state index is 11.3. The van der Waals surface area contributed by atoms with Crippen molar-refractivity contribution in [3.63, 3.8) is 0 Å². The lowest BCUT2D eigenvalue weighted by Crippen LogP contribution is -2.37. The van der Waals surface area contributed by atoms with Crippen molar-refractivity contribution in [3.8, 4) is 0 Å². The van der Waals surface area contributed by atoms with Gasteiger partial charge in [0.1, 0.15) is 6.04 Å². The molecular formula is C19H22N4O4. The minimum Gasteiger partial charge on any atom is -0.480 e. The Balaban J connectivity index is 2.23. The molecule has 0 aliphatic carbocycles. The Morgan fingerprint density at radius 1 is 1.26 bits per heavy atom. The van der Waals surface area contributed by atoms with Crippen LogP contribution in [0.2, 0.25) is 0 Å². The average Bonchev–Trinajstić information content (AvgIpc) is 2.69. The summed E-state index contributed by atoms with van der Waals surface area (Å²) in [5.74, 6) is -0.458. The van der Waals surface area contributed by atoms with Gasteiger partial charge in [-0.15, -0.1) is 0 Å². The van der Waals surface area contributed by atoms with E-state index in [0.29, 0.717) is 24.5 Å². The molecule has 0 spiro atoms. The van der Waals surface area contributed by atoms with Crippen LogP contribution in [-0.2, 0) is 20.8 Å². The van der Waals surface area contributed by atoms with Crippen molar-refractivity contribution in [2.24, 2.45) is 0 Å². The molecule has 0 aliphatic heterocycles. The summed E-state index contributed by atoms with van der Waals surface area (Å²) in [7, 11) is 1.84. The van der Waals surface area contributed by atoms with Gasteiger partial charge in [-0.1, -0.05) is 12.1 Å². The van der Waals surface area contributed by atoms with E-state index in [4.69, 9.17) is 5.11 Å². The highest BCUT2D eigenvalue weighted by Gasteiger charge is 2.18. The standard InChI is InChI=1S/C19H22N4O4/c1-3-23(13-25)17-5-4-10-20-18(17)22(2)15-8-6-14(7-9-15)11-16(19(26)27)21-12-24/h4-10,12-13,16H,3,11H2,1-2H3,(H,21,24)(H,26,27)/t16-/m0/s1. The normalized spacial score (nSPS) is 11.3. The minimum absolute atomic E-state index is 0.182. The number of nitrogens with one attached hydrogen (secondary N) is 1. The van der Waals surface area contributed by atoms with Crippen LogP contribution in [0.1, 0.15) is 12.5 Å². The predicted octanol–water partition coefficient (Wildman–Crippen LogP) is 1.57. The van der Waals surface area contributed by atoms with Gasteiger partial charge in [0, 0.05) is 31.9 Å². The summed E-state index contributed by atoms with van der Waals surface area (Å²) in [6, 6.07) is 9.90. The van der Waals surface area contributed by atoms with E-state index >= 15 is 0 Å². The van der Waals surface area contributed by atoms with E-state index in [0.717, 1.165) is 17.7 Å². The maximum Gasteiger partial charge on any atom is 0.326 e. The summed E-state index contributed by atoms with van der Waals surface area (Å²) in [6.45, 7) is 2.40. The molecule has 1 atom stereocenters. The summed E-state index contributed by atoms with van der Waals surface area (Å²) < 4.78 is 0. The molecule has 0 bridgehead atoms. The van der Waals surface area contributed by atoms with E-state index in [1.165, 1.54) is 0 Å². The van der Waals surface area contributed by atoms with Crippen LogP contribution in [0.25, 0.3) is 0 Å². The lowest BCUT2D eigenvalue weighted by atomic mass is 10.1. The molecule has 8 nitrogen and oxygen atoms in total. The van der Waals surface area contributed by atoms with Crippen molar-refractivity contribution in [2.75, 3.05) is 23.4 Å². The Bertz CT molecular complexity index is 795. The van der Waals surface area contributed by atoms with Crippen LogP contribution in [0, 0.1) is 0 Å². The summed E-state index contributed by atoms with van der Waals surface area (Å²) in [5.41, 5.74) is 2.30.